The van der Waals surface area contributed by atoms with Gasteiger partial charge in [0.1, 0.15) is 0 Å². The molecule has 0 saturated carbocycles. The molecule has 1 aromatic carbocycles. The molecule has 1 rings (SSSR count). The molecule has 22 heavy (non-hydrogen) atoms. The molecule has 6 heteroatoms. The summed E-state index contributed by atoms with van der Waals surface area (Å²) in [7, 11) is 3.40. The Bertz CT molecular complexity index is 474. The fourth-order valence-electron chi connectivity index (χ4n) is 1.88. The lowest BCUT2D eigenvalue weighted by Crippen LogP contribution is -2.29. The van der Waals surface area contributed by atoms with Gasteiger partial charge in [0, 0.05) is 45.6 Å². The third-order valence-corrected chi connectivity index (χ3v) is 3.30. The van der Waals surface area contributed by atoms with E-state index in [0.717, 1.165) is 31.6 Å². The summed E-state index contributed by atoms with van der Waals surface area (Å²) < 4.78 is 4.97. The summed E-state index contributed by atoms with van der Waals surface area (Å²) >= 11 is 0. The van der Waals surface area contributed by atoms with Gasteiger partial charge in [-0.25, -0.2) is 4.79 Å². The number of hydrogen-bond donors (Lipinski definition) is 2. The molecule has 0 aliphatic heterocycles. The molecule has 122 valence electrons. The summed E-state index contributed by atoms with van der Waals surface area (Å²) in [6, 6.07) is 6.91. The molecule has 0 fully saturated rings. The van der Waals surface area contributed by atoms with Crippen LogP contribution in [0.3, 0.4) is 0 Å². The number of benzene rings is 1. The van der Waals surface area contributed by atoms with Crippen molar-refractivity contribution in [1.82, 2.24) is 5.32 Å². The summed E-state index contributed by atoms with van der Waals surface area (Å²) in [5.41, 5.74) is 1.48. The largest absolute Gasteiger partial charge is 0.385 e. The molecule has 0 radical (unpaired) electrons. The van der Waals surface area contributed by atoms with Crippen molar-refractivity contribution in [3.8, 4) is 0 Å². The van der Waals surface area contributed by atoms with E-state index in [-0.39, 0.29) is 11.9 Å². The normalized spacial score (nSPS) is 10.1. The molecule has 0 bridgehead atoms. The van der Waals surface area contributed by atoms with Crippen LogP contribution in [0.25, 0.3) is 0 Å². The zero-order chi connectivity index (χ0) is 16.4. The van der Waals surface area contributed by atoms with Crippen LogP contribution in [0, 0.1) is 0 Å². The van der Waals surface area contributed by atoms with E-state index in [1.807, 2.05) is 0 Å². The number of unbranched alkanes of at least 4 members (excludes halogenated alkanes) is 2. The molecule has 2 N–H and O–H groups in total. The van der Waals surface area contributed by atoms with Gasteiger partial charge in [-0.3, -0.25) is 4.79 Å². The lowest BCUT2D eigenvalue weighted by Gasteiger charge is -2.15. The van der Waals surface area contributed by atoms with E-state index in [9.17, 15) is 9.59 Å². The summed E-state index contributed by atoms with van der Waals surface area (Å²) in [5.74, 6) is -0.0353. The molecule has 6 nitrogen and oxygen atoms in total. The first-order valence-corrected chi connectivity index (χ1v) is 7.42. The number of carbonyl (C=O) groups is 2. The van der Waals surface area contributed by atoms with E-state index in [0.29, 0.717) is 12.2 Å². The number of nitrogens with zero attached hydrogens (tertiary/aromatic N) is 1. The van der Waals surface area contributed by atoms with Crippen molar-refractivity contribution in [2.45, 2.75) is 26.2 Å². The van der Waals surface area contributed by atoms with Gasteiger partial charge in [-0.2, -0.15) is 0 Å². The Balaban J connectivity index is 2.31. The number of hydrogen-bond acceptors (Lipinski definition) is 3. The Morgan fingerprint density at radius 1 is 1.14 bits per heavy atom. The van der Waals surface area contributed by atoms with Crippen molar-refractivity contribution in [3.63, 3.8) is 0 Å². The first kappa shape index (κ1) is 18.0. The molecule has 0 heterocycles. The second kappa shape index (κ2) is 9.78. The Hall–Kier alpha value is -2.08. The highest BCUT2D eigenvalue weighted by atomic mass is 16.5. The lowest BCUT2D eigenvalue weighted by molar-refractivity contribution is -0.116. The monoisotopic (exact) mass is 307 g/mol. The van der Waals surface area contributed by atoms with E-state index in [2.05, 4.69) is 10.6 Å². The quantitative estimate of drug-likeness (QED) is 0.725. The molecular weight excluding hydrogens is 282 g/mol. The zero-order valence-corrected chi connectivity index (χ0v) is 13.5. The third-order valence-electron chi connectivity index (χ3n) is 3.30. The highest BCUT2D eigenvalue weighted by Gasteiger charge is 2.06. The van der Waals surface area contributed by atoms with Gasteiger partial charge in [0.15, 0.2) is 0 Å². The van der Waals surface area contributed by atoms with E-state index in [4.69, 9.17) is 4.74 Å². The van der Waals surface area contributed by atoms with Crippen LogP contribution in [0.1, 0.15) is 26.2 Å². The molecular formula is C16H25N3O3. The summed E-state index contributed by atoms with van der Waals surface area (Å²) in [5, 5.41) is 5.57. The molecule has 0 aliphatic rings. The molecule has 0 saturated heterocycles. The van der Waals surface area contributed by atoms with E-state index in [1.54, 1.807) is 43.3 Å². The van der Waals surface area contributed by atoms with Crippen molar-refractivity contribution in [3.05, 3.63) is 24.3 Å². The second-order valence-electron chi connectivity index (χ2n) is 5.06. The minimum absolute atomic E-state index is 0.0353. The zero-order valence-electron chi connectivity index (χ0n) is 13.5. The Kier molecular flexibility index (Phi) is 7.99. The first-order chi connectivity index (χ1) is 10.5. The minimum Gasteiger partial charge on any atom is -0.385 e. The molecule has 0 aliphatic carbocycles. The molecule has 1 aromatic rings. The van der Waals surface area contributed by atoms with Crippen LogP contribution in [0.15, 0.2) is 24.3 Å². The number of nitrogens with one attached hydrogen (secondary N) is 2. The van der Waals surface area contributed by atoms with E-state index in [1.165, 1.54) is 6.92 Å². The van der Waals surface area contributed by atoms with Gasteiger partial charge in [-0.05, 0) is 43.5 Å². The maximum Gasteiger partial charge on any atom is 0.319 e. The van der Waals surface area contributed by atoms with E-state index < -0.39 is 0 Å². The topological polar surface area (TPSA) is 70.7 Å². The summed E-state index contributed by atoms with van der Waals surface area (Å²) in [6.45, 7) is 2.90. The maximum absolute atomic E-state index is 11.7. The van der Waals surface area contributed by atoms with Crippen LogP contribution in [0.2, 0.25) is 0 Å². The Morgan fingerprint density at radius 3 is 2.41 bits per heavy atom. The average molecular weight is 307 g/mol. The van der Waals surface area contributed by atoms with Crippen LogP contribution in [0.5, 0.6) is 0 Å². The minimum atomic E-state index is -0.223. The predicted molar refractivity (Wildman–Crippen MR) is 88.3 cm³/mol. The third kappa shape index (κ3) is 6.58. The number of urea groups is 1. The van der Waals surface area contributed by atoms with Gasteiger partial charge >= 0.3 is 6.03 Å². The van der Waals surface area contributed by atoms with Gasteiger partial charge in [0.05, 0.1) is 0 Å². The Morgan fingerprint density at radius 2 is 1.82 bits per heavy atom. The highest BCUT2D eigenvalue weighted by Crippen LogP contribution is 2.16. The van der Waals surface area contributed by atoms with Crippen LogP contribution in [-0.4, -0.2) is 39.2 Å². The van der Waals surface area contributed by atoms with Crippen LogP contribution in [-0.2, 0) is 9.53 Å². The number of anilines is 2. The molecule has 0 atom stereocenters. The first-order valence-electron chi connectivity index (χ1n) is 7.42. The van der Waals surface area contributed by atoms with Crippen molar-refractivity contribution in [1.29, 1.82) is 0 Å². The molecule has 0 unspecified atom stereocenters. The average Bonchev–Trinajstić information content (AvgIpc) is 2.50. The molecule has 3 amide bonds. The summed E-state index contributed by atoms with van der Waals surface area (Å²) in [6.07, 6.45) is 2.96. The fourth-order valence-corrected chi connectivity index (χ4v) is 1.88. The predicted octanol–water partition coefficient (Wildman–Crippen LogP) is 2.61. The van der Waals surface area contributed by atoms with Gasteiger partial charge in [-0.15, -0.1) is 0 Å². The smallest absolute Gasteiger partial charge is 0.319 e. The van der Waals surface area contributed by atoms with Gasteiger partial charge < -0.3 is 20.3 Å². The van der Waals surface area contributed by atoms with Crippen molar-refractivity contribution >= 4 is 23.3 Å². The number of carbonyl (C=O) groups excluding carboxylic acids is 2. The maximum atomic E-state index is 11.7. The van der Waals surface area contributed by atoms with Gasteiger partial charge in [0.25, 0.3) is 0 Å². The van der Waals surface area contributed by atoms with Crippen molar-refractivity contribution in [2.24, 2.45) is 0 Å². The van der Waals surface area contributed by atoms with Crippen molar-refractivity contribution < 1.29 is 14.3 Å². The van der Waals surface area contributed by atoms with Crippen molar-refractivity contribution in [2.75, 3.05) is 37.5 Å². The molecule has 0 spiro atoms. The summed E-state index contributed by atoms with van der Waals surface area (Å²) in [4.78, 5) is 24.5. The molecule has 0 aromatic heterocycles. The Labute approximate surface area is 131 Å². The number of methoxy groups -OCH3 is 1. The SMILES string of the molecule is COCCCCCNC(=O)Nc1ccc(N(C)C(C)=O)cc1. The fraction of sp³-hybridized carbons (Fsp3) is 0.500. The standard InChI is InChI=1S/C16H25N3O3/c1-13(20)19(2)15-9-7-14(8-10-15)18-16(21)17-11-5-4-6-12-22-3/h7-10H,4-6,11-12H2,1-3H3,(H2,17,18,21). The van der Waals surface area contributed by atoms with Crippen LogP contribution in [0.4, 0.5) is 16.2 Å². The lowest BCUT2D eigenvalue weighted by atomic mass is 10.2. The van der Waals surface area contributed by atoms with Gasteiger partial charge in [-0.1, -0.05) is 0 Å². The number of rotatable bonds is 8. The highest BCUT2D eigenvalue weighted by molar-refractivity contribution is 5.92. The van der Waals surface area contributed by atoms with Crippen LogP contribution < -0.4 is 15.5 Å². The number of amides is 3. The van der Waals surface area contributed by atoms with Gasteiger partial charge in [0.2, 0.25) is 5.91 Å². The number of ether oxygens (including phenoxy) is 1. The second-order valence-corrected chi connectivity index (χ2v) is 5.06. The van der Waals surface area contributed by atoms with E-state index >= 15 is 0 Å². The van der Waals surface area contributed by atoms with Crippen LogP contribution >= 0.6 is 0 Å².